The summed E-state index contributed by atoms with van der Waals surface area (Å²) in [5, 5.41) is 8.99. The van der Waals surface area contributed by atoms with E-state index in [2.05, 4.69) is 0 Å². The first-order valence-electron chi connectivity index (χ1n) is 6.89. The van der Waals surface area contributed by atoms with E-state index in [4.69, 9.17) is 9.84 Å². The largest absolute Gasteiger partial charge is 0.478 e. The summed E-state index contributed by atoms with van der Waals surface area (Å²) in [4.78, 5) is 25.1. The minimum atomic E-state index is -0.939. The molecule has 2 atom stereocenters. The number of hydrogen-bond acceptors (Lipinski definition) is 3. The quantitative estimate of drug-likeness (QED) is 0.894. The molecule has 1 amide bonds. The number of carboxylic acid groups (broad SMARTS) is 1. The second kappa shape index (κ2) is 4.90. The number of carbonyl (C=O) groups excluding carboxylic acids is 1. The molecule has 2 heterocycles. The number of hydrogen-bond donors (Lipinski definition) is 1. The van der Waals surface area contributed by atoms with E-state index in [1.54, 1.807) is 23.1 Å². The Morgan fingerprint density at radius 2 is 2.15 bits per heavy atom. The third kappa shape index (κ3) is 2.18. The summed E-state index contributed by atoms with van der Waals surface area (Å²) in [5.41, 5.74) is 2.01. The first-order chi connectivity index (χ1) is 9.56. The van der Waals surface area contributed by atoms with Crippen molar-refractivity contribution in [2.45, 2.75) is 38.4 Å². The standard InChI is InChI=1S/C15H17NO4/c1-9-2-5-13(20-9)14(17)16-7-6-10-8-11(15(18)19)3-4-12(10)16/h3-4,8-9,13H,2,5-7H2,1H3,(H,18,19). The predicted octanol–water partition coefficient (Wildman–Crippen LogP) is 1.84. The summed E-state index contributed by atoms with van der Waals surface area (Å²) in [6.45, 7) is 2.58. The molecule has 0 aromatic heterocycles. The lowest BCUT2D eigenvalue weighted by Crippen LogP contribution is -2.38. The van der Waals surface area contributed by atoms with Gasteiger partial charge in [-0.25, -0.2) is 4.79 Å². The Bertz CT molecular complexity index is 569. The number of carbonyl (C=O) groups is 2. The van der Waals surface area contributed by atoms with Gasteiger partial charge in [-0.15, -0.1) is 0 Å². The van der Waals surface area contributed by atoms with E-state index < -0.39 is 5.97 Å². The lowest BCUT2D eigenvalue weighted by Gasteiger charge is -2.21. The van der Waals surface area contributed by atoms with Crippen LogP contribution in [0.4, 0.5) is 5.69 Å². The minimum Gasteiger partial charge on any atom is -0.478 e. The van der Waals surface area contributed by atoms with Crippen molar-refractivity contribution in [2.24, 2.45) is 0 Å². The molecule has 2 aliphatic rings. The third-order valence-electron chi connectivity index (χ3n) is 4.00. The number of fused-ring (bicyclic) bond motifs is 1. The molecule has 5 nitrogen and oxygen atoms in total. The Morgan fingerprint density at radius 3 is 2.80 bits per heavy atom. The molecular weight excluding hydrogens is 258 g/mol. The third-order valence-corrected chi connectivity index (χ3v) is 4.00. The van der Waals surface area contributed by atoms with Gasteiger partial charge in [0.1, 0.15) is 6.10 Å². The van der Waals surface area contributed by atoms with E-state index in [0.717, 1.165) is 24.1 Å². The molecule has 1 saturated heterocycles. The van der Waals surface area contributed by atoms with E-state index in [9.17, 15) is 9.59 Å². The average Bonchev–Trinajstić information content (AvgIpc) is 3.03. The summed E-state index contributed by atoms with van der Waals surface area (Å²) in [5.74, 6) is -0.943. The average molecular weight is 275 g/mol. The van der Waals surface area contributed by atoms with Crippen LogP contribution in [0, 0.1) is 0 Å². The van der Waals surface area contributed by atoms with E-state index in [0.29, 0.717) is 13.0 Å². The summed E-state index contributed by atoms with van der Waals surface area (Å²) < 4.78 is 5.63. The van der Waals surface area contributed by atoms with Crippen molar-refractivity contribution < 1.29 is 19.4 Å². The minimum absolute atomic E-state index is 0.00354. The van der Waals surface area contributed by atoms with Gasteiger partial charge >= 0.3 is 5.97 Å². The van der Waals surface area contributed by atoms with E-state index in [1.807, 2.05) is 6.92 Å². The van der Waals surface area contributed by atoms with Crippen LogP contribution in [0.1, 0.15) is 35.7 Å². The topological polar surface area (TPSA) is 66.8 Å². The van der Waals surface area contributed by atoms with Crippen molar-refractivity contribution in [3.8, 4) is 0 Å². The predicted molar refractivity (Wildman–Crippen MR) is 73.0 cm³/mol. The summed E-state index contributed by atoms with van der Waals surface area (Å²) in [6, 6.07) is 4.93. The Morgan fingerprint density at radius 1 is 1.35 bits per heavy atom. The molecule has 1 aromatic rings. The van der Waals surface area contributed by atoms with Crippen LogP contribution < -0.4 is 4.90 Å². The zero-order valence-electron chi connectivity index (χ0n) is 11.3. The number of carboxylic acids is 1. The van der Waals surface area contributed by atoms with Gasteiger partial charge in [-0.3, -0.25) is 4.79 Å². The summed E-state index contributed by atoms with van der Waals surface area (Å²) >= 11 is 0. The van der Waals surface area contributed by atoms with Gasteiger partial charge in [0, 0.05) is 12.2 Å². The van der Waals surface area contributed by atoms with Gasteiger partial charge in [0.05, 0.1) is 11.7 Å². The van der Waals surface area contributed by atoms with E-state index in [-0.39, 0.29) is 23.7 Å². The molecule has 1 N–H and O–H groups in total. The van der Waals surface area contributed by atoms with E-state index in [1.165, 1.54) is 0 Å². The maximum atomic E-state index is 12.5. The second-order valence-electron chi connectivity index (χ2n) is 5.40. The second-order valence-corrected chi connectivity index (χ2v) is 5.40. The van der Waals surface area contributed by atoms with Crippen molar-refractivity contribution in [3.05, 3.63) is 29.3 Å². The van der Waals surface area contributed by atoms with Crippen LogP contribution >= 0.6 is 0 Å². The lowest BCUT2D eigenvalue weighted by molar-refractivity contribution is -0.128. The number of ether oxygens (including phenoxy) is 1. The summed E-state index contributed by atoms with van der Waals surface area (Å²) in [7, 11) is 0. The molecule has 2 unspecified atom stereocenters. The van der Waals surface area contributed by atoms with Crippen LogP contribution in [0.2, 0.25) is 0 Å². The molecule has 1 fully saturated rings. The highest BCUT2D eigenvalue weighted by Crippen LogP contribution is 2.31. The van der Waals surface area contributed by atoms with Crippen molar-refractivity contribution >= 4 is 17.6 Å². The van der Waals surface area contributed by atoms with Gasteiger partial charge in [0.2, 0.25) is 0 Å². The molecule has 1 aromatic carbocycles. The normalized spacial score (nSPS) is 24.8. The van der Waals surface area contributed by atoms with E-state index >= 15 is 0 Å². The van der Waals surface area contributed by atoms with Crippen molar-refractivity contribution in [3.63, 3.8) is 0 Å². The smallest absolute Gasteiger partial charge is 0.335 e. The molecule has 3 rings (SSSR count). The fourth-order valence-electron chi connectivity index (χ4n) is 2.92. The van der Waals surface area contributed by atoms with Gasteiger partial charge in [-0.05, 0) is 49.9 Å². The number of aromatic carboxylic acids is 1. The highest BCUT2D eigenvalue weighted by Gasteiger charge is 2.35. The molecule has 2 aliphatic heterocycles. The van der Waals surface area contributed by atoms with Crippen molar-refractivity contribution in [1.82, 2.24) is 0 Å². The van der Waals surface area contributed by atoms with Crippen LogP contribution in [0.25, 0.3) is 0 Å². The van der Waals surface area contributed by atoms with Crippen LogP contribution in [0.5, 0.6) is 0 Å². The SMILES string of the molecule is CC1CCC(C(=O)N2CCc3cc(C(=O)O)ccc32)O1. The highest BCUT2D eigenvalue weighted by molar-refractivity contribution is 5.99. The molecular formula is C15H17NO4. The maximum absolute atomic E-state index is 12.5. The molecule has 0 aliphatic carbocycles. The first kappa shape index (κ1) is 13.1. The first-order valence-corrected chi connectivity index (χ1v) is 6.89. The molecule has 20 heavy (non-hydrogen) atoms. The zero-order valence-corrected chi connectivity index (χ0v) is 11.3. The van der Waals surface area contributed by atoms with Crippen LogP contribution in [-0.2, 0) is 16.0 Å². The lowest BCUT2D eigenvalue weighted by atomic mass is 10.1. The van der Waals surface area contributed by atoms with Crippen LogP contribution in [-0.4, -0.2) is 35.7 Å². The van der Waals surface area contributed by atoms with Gasteiger partial charge in [-0.1, -0.05) is 0 Å². The fraction of sp³-hybridized carbons (Fsp3) is 0.467. The molecule has 0 radical (unpaired) electrons. The number of benzene rings is 1. The van der Waals surface area contributed by atoms with Gasteiger partial charge in [0.15, 0.2) is 0 Å². The molecule has 0 spiro atoms. The van der Waals surface area contributed by atoms with Gasteiger partial charge in [-0.2, -0.15) is 0 Å². The Kier molecular flexibility index (Phi) is 3.22. The van der Waals surface area contributed by atoms with Gasteiger partial charge < -0.3 is 14.7 Å². The highest BCUT2D eigenvalue weighted by atomic mass is 16.5. The van der Waals surface area contributed by atoms with Crippen LogP contribution in [0.15, 0.2) is 18.2 Å². The maximum Gasteiger partial charge on any atom is 0.335 e. The Labute approximate surface area is 117 Å². The van der Waals surface area contributed by atoms with Crippen molar-refractivity contribution in [1.29, 1.82) is 0 Å². The molecule has 0 saturated carbocycles. The Hall–Kier alpha value is -1.88. The van der Waals surface area contributed by atoms with Crippen molar-refractivity contribution in [2.75, 3.05) is 11.4 Å². The fourth-order valence-corrected chi connectivity index (χ4v) is 2.92. The Balaban J connectivity index is 1.82. The monoisotopic (exact) mass is 275 g/mol. The number of rotatable bonds is 2. The zero-order chi connectivity index (χ0) is 14.3. The van der Waals surface area contributed by atoms with Gasteiger partial charge in [0.25, 0.3) is 5.91 Å². The van der Waals surface area contributed by atoms with Crippen LogP contribution in [0.3, 0.4) is 0 Å². The number of amides is 1. The number of anilines is 1. The molecule has 5 heteroatoms. The molecule has 0 bridgehead atoms. The summed E-state index contributed by atoms with van der Waals surface area (Å²) in [6.07, 6.45) is 2.16. The molecule has 106 valence electrons. The number of nitrogens with zero attached hydrogens (tertiary/aromatic N) is 1.